The van der Waals surface area contributed by atoms with Crippen molar-refractivity contribution in [3.05, 3.63) is 35.0 Å². The van der Waals surface area contributed by atoms with E-state index in [1.165, 1.54) is 6.42 Å². The van der Waals surface area contributed by atoms with E-state index in [0.717, 1.165) is 52.2 Å². The molecule has 1 fully saturated rings. The predicted octanol–water partition coefficient (Wildman–Crippen LogP) is 4.55. The van der Waals surface area contributed by atoms with Gasteiger partial charge in [-0.05, 0) is 42.9 Å². The van der Waals surface area contributed by atoms with Crippen LogP contribution in [0.5, 0.6) is 0 Å². The van der Waals surface area contributed by atoms with Gasteiger partial charge in [0.2, 0.25) is 5.95 Å². The number of piperidine rings is 1. The van der Waals surface area contributed by atoms with E-state index in [0.29, 0.717) is 11.8 Å². The molecule has 142 valence electrons. The van der Waals surface area contributed by atoms with E-state index >= 15 is 0 Å². The molecule has 0 bridgehead atoms. The first-order chi connectivity index (χ1) is 12.9. The van der Waals surface area contributed by atoms with E-state index in [1.807, 2.05) is 32.2 Å². The molecule has 1 aromatic carbocycles. The lowest BCUT2D eigenvalue weighted by atomic mass is 9.92. The van der Waals surface area contributed by atoms with Gasteiger partial charge in [0.1, 0.15) is 5.82 Å². The van der Waals surface area contributed by atoms with Gasteiger partial charge in [-0.15, -0.1) is 0 Å². The molecule has 0 saturated carbocycles. The first-order valence-corrected chi connectivity index (χ1v) is 9.76. The summed E-state index contributed by atoms with van der Waals surface area (Å²) in [7, 11) is 1.91. The van der Waals surface area contributed by atoms with Gasteiger partial charge in [0.25, 0.3) is 0 Å². The second-order valence-corrected chi connectivity index (χ2v) is 8.22. The minimum absolute atomic E-state index is 0.631. The van der Waals surface area contributed by atoms with Crippen LogP contribution in [0.2, 0.25) is 5.02 Å². The number of nitrogens with one attached hydrogen (secondary N) is 1. The summed E-state index contributed by atoms with van der Waals surface area (Å²) in [5.74, 6) is 2.78. The maximum absolute atomic E-state index is 6.29. The van der Waals surface area contributed by atoms with Crippen molar-refractivity contribution in [2.45, 2.75) is 27.2 Å². The molecule has 0 amide bonds. The third-order valence-electron chi connectivity index (χ3n) is 5.17. The topological polar surface area (TPSA) is 58.9 Å². The molecule has 6 nitrogen and oxygen atoms in total. The van der Waals surface area contributed by atoms with Gasteiger partial charge in [0, 0.05) is 30.8 Å². The molecule has 1 N–H and O–H groups in total. The second-order valence-electron chi connectivity index (χ2n) is 7.82. The molecular weight excluding hydrogens is 360 g/mol. The molecule has 2 atom stereocenters. The fourth-order valence-corrected chi connectivity index (χ4v) is 4.06. The summed E-state index contributed by atoms with van der Waals surface area (Å²) >= 11 is 6.29. The standard InChI is InChI=1S/C20H25ClN6/c1-12-7-13(2)11-27(10-12)20-24-18(16-9-22-26(4)19(16)25-20)23-15-6-5-14(3)17(21)8-15/h5-6,8-9,12-13H,7,10-11H2,1-4H3,(H,23,24,25)/t12-,13-/m1/s1. The molecule has 3 aromatic rings. The van der Waals surface area contributed by atoms with Gasteiger partial charge < -0.3 is 10.2 Å². The van der Waals surface area contributed by atoms with Gasteiger partial charge >= 0.3 is 0 Å². The number of nitrogens with zero attached hydrogens (tertiary/aromatic N) is 5. The minimum atomic E-state index is 0.631. The largest absolute Gasteiger partial charge is 0.340 e. The maximum Gasteiger partial charge on any atom is 0.229 e. The maximum atomic E-state index is 6.29. The molecule has 1 aliphatic rings. The lowest BCUT2D eigenvalue weighted by molar-refractivity contribution is 0.354. The van der Waals surface area contributed by atoms with Gasteiger partial charge in [-0.25, -0.2) is 0 Å². The van der Waals surface area contributed by atoms with E-state index in [-0.39, 0.29) is 0 Å². The number of hydrogen-bond acceptors (Lipinski definition) is 5. The van der Waals surface area contributed by atoms with Crippen LogP contribution in [0.1, 0.15) is 25.8 Å². The molecule has 1 saturated heterocycles. The van der Waals surface area contributed by atoms with Crippen LogP contribution in [0.25, 0.3) is 11.0 Å². The third kappa shape index (κ3) is 3.58. The normalized spacial score (nSPS) is 20.3. The van der Waals surface area contributed by atoms with Crippen molar-refractivity contribution in [1.29, 1.82) is 0 Å². The molecule has 4 rings (SSSR count). The van der Waals surface area contributed by atoms with Crippen LogP contribution in [0, 0.1) is 18.8 Å². The number of rotatable bonds is 3. The lowest BCUT2D eigenvalue weighted by Crippen LogP contribution is -2.39. The van der Waals surface area contributed by atoms with Crippen LogP contribution < -0.4 is 10.2 Å². The average Bonchev–Trinajstić information content (AvgIpc) is 2.99. The lowest BCUT2D eigenvalue weighted by Gasteiger charge is -2.35. The van der Waals surface area contributed by atoms with Crippen LogP contribution in [0.4, 0.5) is 17.5 Å². The van der Waals surface area contributed by atoms with Crippen molar-refractivity contribution in [2.24, 2.45) is 18.9 Å². The zero-order chi connectivity index (χ0) is 19.1. The number of aryl methyl sites for hydroxylation is 2. The predicted molar refractivity (Wildman–Crippen MR) is 111 cm³/mol. The summed E-state index contributed by atoms with van der Waals surface area (Å²) < 4.78 is 1.80. The van der Waals surface area contributed by atoms with Crippen LogP contribution in [0.3, 0.4) is 0 Å². The molecule has 0 unspecified atom stereocenters. The highest BCUT2D eigenvalue weighted by molar-refractivity contribution is 6.31. The Hall–Kier alpha value is -2.34. The van der Waals surface area contributed by atoms with Crippen molar-refractivity contribution in [2.75, 3.05) is 23.3 Å². The molecule has 0 aliphatic carbocycles. The Kier molecular flexibility index (Phi) is 4.68. The molecule has 0 spiro atoms. The van der Waals surface area contributed by atoms with E-state index < -0.39 is 0 Å². The minimum Gasteiger partial charge on any atom is -0.340 e. The Morgan fingerprint density at radius 2 is 1.89 bits per heavy atom. The summed E-state index contributed by atoms with van der Waals surface area (Å²) in [5.41, 5.74) is 2.78. The van der Waals surface area contributed by atoms with Crippen molar-refractivity contribution in [1.82, 2.24) is 19.7 Å². The fourth-order valence-electron chi connectivity index (χ4n) is 3.88. The van der Waals surface area contributed by atoms with Crippen LogP contribution in [0.15, 0.2) is 24.4 Å². The van der Waals surface area contributed by atoms with Gasteiger partial charge in [-0.3, -0.25) is 4.68 Å². The van der Waals surface area contributed by atoms with Gasteiger partial charge in [0.15, 0.2) is 5.65 Å². The molecule has 1 aliphatic heterocycles. The highest BCUT2D eigenvalue weighted by Crippen LogP contribution is 2.30. The Balaban J connectivity index is 1.76. The Bertz CT molecular complexity index is 972. The smallest absolute Gasteiger partial charge is 0.229 e. The number of fused-ring (bicyclic) bond motifs is 1. The number of benzene rings is 1. The van der Waals surface area contributed by atoms with Crippen molar-refractivity contribution in [3.63, 3.8) is 0 Å². The van der Waals surface area contributed by atoms with E-state index in [1.54, 1.807) is 10.9 Å². The highest BCUT2D eigenvalue weighted by Gasteiger charge is 2.25. The molecule has 3 heterocycles. The zero-order valence-electron chi connectivity index (χ0n) is 16.2. The highest BCUT2D eigenvalue weighted by atomic mass is 35.5. The molecule has 27 heavy (non-hydrogen) atoms. The SMILES string of the molecule is Cc1ccc(Nc2nc(N3C[C@H](C)C[C@@H](C)C3)nc3c2cnn3C)cc1Cl. The second kappa shape index (κ2) is 7.00. The van der Waals surface area contributed by atoms with Crippen LogP contribution in [-0.2, 0) is 7.05 Å². The quantitative estimate of drug-likeness (QED) is 0.717. The number of anilines is 3. The molecule has 7 heteroatoms. The fraction of sp³-hybridized carbons (Fsp3) is 0.450. The van der Waals surface area contributed by atoms with Gasteiger partial charge in [0.05, 0.1) is 11.6 Å². The summed E-state index contributed by atoms with van der Waals surface area (Å²) in [5, 5.41) is 9.42. The van der Waals surface area contributed by atoms with Crippen molar-refractivity contribution in [3.8, 4) is 0 Å². The molecular formula is C20H25ClN6. The summed E-state index contributed by atoms with van der Waals surface area (Å²) in [6, 6.07) is 5.93. The molecule has 2 aromatic heterocycles. The van der Waals surface area contributed by atoms with Crippen LogP contribution in [-0.4, -0.2) is 32.8 Å². The summed E-state index contributed by atoms with van der Waals surface area (Å²) in [4.78, 5) is 12.0. The Morgan fingerprint density at radius 3 is 2.59 bits per heavy atom. The Labute approximate surface area is 164 Å². The monoisotopic (exact) mass is 384 g/mol. The zero-order valence-corrected chi connectivity index (χ0v) is 17.0. The number of hydrogen-bond donors (Lipinski definition) is 1. The van der Waals surface area contributed by atoms with E-state index in [2.05, 4.69) is 29.2 Å². The number of aromatic nitrogens is 4. The van der Waals surface area contributed by atoms with Gasteiger partial charge in [-0.2, -0.15) is 15.1 Å². The first kappa shape index (κ1) is 18.0. The Morgan fingerprint density at radius 1 is 1.15 bits per heavy atom. The third-order valence-corrected chi connectivity index (χ3v) is 5.57. The van der Waals surface area contributed by atoms with E-state index in [4.69, 9.17) is 21.6 Å². The van der Waals surface area contributed by atoms with Crippen molar-refractivity contribution < 1.29 is 0 Å². The van der Waals surface area contributed by atoms with E-state index in [9.17, 15) is 0 Å². The summed E-state index contributed by atoms with van der Waals surface area (Å²) in [6.07, 6.45) is 3.05. The van der Waals surface area contributed by atoms with Crippen molar-refractivity contribution >= 4 is 40.1 Å². The van der Waals surface area contributed by atoms with Crippen LogP contribution >= 0.6 is 11.6 Å². The first-order valence-electron chi connectivity index (χ1n) is 9.38. The average molecular weight is 385 g/mol. The number of halogens is 1. The van der Waals surface area contributed by atoms with Gasteiger partial charge in [-0.1, -0.05) is 31.5 Å². The molecule has 0 radical (unpaired) electrons. The summed E-state index contributed by atoms with van der Waals surface area (Å²) in [6.45, 7) is 8.53.